The highest BCUT2D eigenvalue weighted by Gasteiger charge is 2.19. The van der Waals surface area contributed by atoms with Crippen LogP contribution in [0.3, 0.4) is 0 Å². The van der Waals surface area contributed by atoms with Crippen LogP contribution < -0.4 is 10.1 Å². The Morgan fingerprint density at radius 1 is 1.09 bits per heavy atom. The van der Waals surface area contributed by atoms with Gasteiger partial charge in [-0.25, -0.2) is 0 Å². The number of hydrogen-bond donors (Lipinski definition) is 1. The van der Waals surface area contributed by atoms with Gasteiger partial charge in [-0.05, 0) is 43.0 Å². The Bertz CT molecular complexity index is 623. The molecule has 0 fully saturated rings. The molecule has 0 unspecified atom stereocenters. The molecule has 0 aliphatic rings. The Morgan fingerprint density at radius 2 is 1.82 bits per heavy atom. The first kappa shape index (κ1) is 16.1. The second kappa shape index (κ2) is 7.64. The van der Waals surface area contributed by atoms with E-state index in [0.29, 0.717) is 13.0 Å². The number of carbonyl (C=O) groups is 1. The Labute approximate surface area is 132 Å². The molecule has 1 atom stereocenters. The fraction of sp³-hybridized carbons (Fsp3) is 0.316. The minimum atomic E-state index is -0.468. The van der Waals surface area contributed by atoms with E-state index in [1.807, 2.05) is 69.3 Å². The predicted octanol–water partition coefficient (Wildman–Crippen LogP) is 3.78. The average Bonchev–Trinajstić information content (AvgIpc) is 2.55. The van der Waals surface area contributed by atoms with E-state index in [0.717, 1.165) is 22.4 Å². The molecule has 2 rings (SSSR count). The van der Waals surface area contributed by atoms with Gasteiger partial charge in [0.15, 0.2) is 6.10 Å². The lowest BCUT2D eigenvalue weighted by atomic mass is 10.1. The summed E-state index contributed by atoms with van der Waals surface area (Å²) in [6.07, 6.45) is 0.165. The molecule has 0 aliphatic carbocycles. The first-order valence-corrected chi connectivity index (χ1v) is 7.66. The molecule has 22 heavy (non-hydrogen) atoms. The lowest BCUT2D eigenvalue weighted by molar-refractivity contribution is -0.128. The third kappa shape index (κ3) is 4.10. The van der Waals surface area contributed by atoms with E-state index in [2.05, 4.69) is 5.32 Å². The zero-order chi connectivity index (χ0) is 15.9. The number of rotatable bonds is 6. The molecule has 3 heteroatoms. The summed E-state index contributed by atoms with van der Waals surface area (Å²) >= 11 is 0. The monoisotopic (exact) mass is 297 g/mol. The second-order valence-electron chi connectivity index (χ2n) is 5.42. The molecule has 0 spiro atoms. The zero-order valence-electron chi connectivity index (χ0n) is 13.4. The zero-order valence-corrected chi connectivity index (χ0v) is 13.4. The predicted molar refractivity (Wildman–Crippen MR) is 88.9 cm³/mol. The smallest absolute Gasteiger partial charge is 0.261 e. The van der Waals surface area contributed by atoms with E-state index in [1.54, 1.807) is 0 Å². The molecule has 1 amide bonds. The fourth-order valence-corrected chi connectivity index (χ4v) is 2.23. The maximum absolute atomic E-state index is 12.3. The van der Waals surface area contributed by atoms with Crippen molar-refractivity contribution in [2.45, 2.75) is 39.8 Å². The van der Waals surface area contributed by atoms with Crippen molar-refractivity contribution in [1.82, 2.24) is 5.32 Å². The van der Waals surface area contributed by atoms with E-state index >= 15 is 0 Å². The van der Waals surface area contributed by atoms with Crippen LogP contribution in [0.5, 0.6) is 5.75 Å². The van der Waals surface area contributed by atoms with Gasteiger partial charge in [-0.2, -0.15) is 0 Å². The minimum Gasteiger partial charge on any atom is -0.480 e. The molecule has 2 aromatic rings. The van der Waals surface area contributed by atoms with Gasteiger partial charge in [0.2, 0.25) is 0 Å². The molecule has 2 aromatic carbocycles. The highest BCUT2D eigenvalue weighted by molar-refractivity contribution is 5.81. The van der Waals surface area contributed by atoms with Gasteiger partial charge in [0, 0.05) is 6.54 Å². The molecular weight excluding hydrogens is 274 g/mol. The van der Waals surface area contributed by atoms with Crippen molar-refractivity contribution in [2.75, 3.05) is 0 Å². The van der Waals surface area contributed by atoms with E-state index in [-0.39, 0.29) is 5.91 Å². The van der Waals surface area contributed by atoms with Crippen molar-refractivity contribution in [1.29, 1.82) is 0 Å². The van der Waals surface area contributed by atoms with E-state index < -0.39 is 6.10 Å². The topological polar surface area (TPSA) is 38.3 Å². The number of nitrogens with one attached hydrogen (secondary N) is 1. The fourth-order valence-electron chi connectivity index (χ4n) is 2.23. The van der Waals surface area contributed by atoms with Crippen LogP contribution in [-0.4, -0.2) is 12.0 Å². The maximum Gasteiger partial charge on any atom is 0.261 e. The number of hydrogen-bond acceptors (Lipinski definition) is 2. The number of ether oxygens (including phenoxy) is 1. The average molecular weight is 297 g/mol. The molecule has 0 bridgehead atoms. The number of carbonyl (C=O) groups excluding carboxylic acids is 1. The molecule has 0 saturated heterocycles. The number of amides is 1. The summed E-state index contributed by atoms with van der Waals surface area (Å²) in [7, 11) is 0. The van der Waals surface area contributed by atoms with Gasteiger partial charge in [0.05, 0.1) is 0 Å². The van der Waals surface area contributed by atoms with Crippen LogP contribution in [0.2, 0.25) is 0 Å². The first-order valence-electron chi connectivity index (χ1n) is 7.66. The lowest BCUT2D eigenvalue weighted by Crippen LogP contribution is -2.37. The van der Waals surface area contributed by atoms with Crippen LogP contribution in [0.1, 0.15) is 30.0 Å². The van der Waals surface area contributed by atoms with Gasteiger partial charge < -0.3 is 10.1 Å². The molecule has 116 valence electrons. The largest absolute Gasteiger partial charge is 0.480 e. The Morgan fingerprint density at radius 3 is 2.50 bits per heavy atom. The van der Waals surface area contributed by atoms with Gasteiger partial charge in [-0.15, -0.1) is 0 Å². The Hall–Kier alpha value is -2.29. The molecular formula is C19H23NO2. The van der Waals surface area contributed by atoms with Crippen molar-refractivity contribution in [3.63, 3.8) is 0 Å². The minimum absolute atomic E-state index is 0.0766. The van der Waals surface area contributed by atoms with E-state index in [1.165, 1.54) is 0 Å². The molecule has 0 saturated carbocycles. The molecule has 0 heterocycles. The third-order valence-electron chi connectivity index (χ3n) is 3.80. The van der Waals surface area contributed by atoms with Gasteiger partial charge in [0.1, 0.15) is 5.75 Å². The number of aryl methyl sites for hydroxylation is 1. The highest BCUT2D eigenvalue weighted by atomic mass is 16.5. The van der Waals surface area contributed by atoms with Gasteiger partial charge in [-0.3, -0.25) is 4.79 Å². The van der Waals surface area contributed by atoms with Gasteiger partial charge in [-0.1, -0.05) is 49.4 Å². The summed E-state index contributed by atoms with van der Waals surface area (Å²) in [6.45, 7) is 6.53. The van der Waals surface area contributed by atoms with Crippen LogP contribution in [0.15, 0.2) is 48.5 Å². The van der Waals surface area contributed by atoms with Crippen LogP contribution in [-0.2, 0) is 11.3 Å². The van der Waals surface area contributed by atoms with Crippen molar-refractivity contribution < 1.29 is 9.53 Å². The van der Waals surface area contributed by atoms with Crippen molar-refractivity contribution >= 4 is 5.91 Å². The highest BCUT2D eigenvalue weighted by Crippen LogP contribution is 2.22. The summed E-state index contributed by atoms with van der Waals surface area (Å²) < 4.78 is 5.91. The van der Waals surface area contributed by atoms with Gasteiger partial charge >= 0.3 is 0 Å². The van der Waals surface area contributed by atoms with Crippen LogP contribution >= 0.6 is 0 Å². The molecule has 0 radical (unpaired) electrons. The van der Waals surface area contributed by atoms with Gasteiger partial charge in [0.25, 0.3) is 5.91 Å². The lowest BCUT2D eigenvalue weighted by Gasteiger charge is -2.19. The summed E-state index contributed by atoms with van der Waals surface area (Å²) in [5.41, 5.74) is 3.33. The SMILES string of the molecule is CC[C@H](Oc1cccc(C)c1C)C(=O)NCc1ccccc1. The summed E-state index contributed by atoms with van der Waals surface area (Å²) in [4.78, 5) is 12.3. The van der Waals surface area contributed by atoms with Crippen LogP contribution in [0.25, 0.3) is 0 Å². The Balaban J connectivity index is 1.98. The van der Waals surface area contributed by atoms with E-state index in [4.69, 9.17) is 4.74 Å². The normalized spacial score (nSPS) is 11.8. The molecule has 3 nitrogen and oxygen atoms in total. The third-order valence-corrected chi connectivity index (χ3v) is 3.80. The first-order chi connectivity index (χ1) is 10.6. The van der Waals surface area contributed by atoms with Crippen molar-refractivity contribution in [3.05, 3.63) is 65.2 Å². The number of benzene rings is 2. The van der Waals surface area contributed by atoms with Crippen molar-refractivity contribution in [3.8, 4) is 5.75 Å². The molecule has 0 aliphatic heterocycles. The quantitative estimate of drug-likeness (QED) is 0.881. The summed E-state index contributed by atoms with van der Waals surface area (Å²) in [6, 6.07) is 15.8. The molecule has 0 aromatic heterocycles. The second-order valence-corrected chi connectivity index (χ2v) is 5.42. The van der Waals surface area contributed by atoms with Crippen LogP contribution in [0, 0.1) is 13.8 Å². The standard InChI is InChI=1S/C19H23NO2/c1-4-17(22-18-12-8-9-14(2)15(18)3)19(21)20-13-16-10-6-5-7-11-16/h5-12,17H,4,13H2,1-3H3,(H,20,21)/t17-/m0/s1. The summed E-state index contributed by atoms with van der Waals surface area (Å²) in [5.74, 6) is 0.703. The van der Waals surface area contributed by atoms with Crippen LogP contribution in [0.4, 0.5) is 0 Å². The Kier molecular flexibility index (Phi) is 5.59. The molecule has 1 N–H and O–H groups in total. The van der Waals surface area contributed by atoms with Crippen molar-refractivity contribution in [2.24, 2.45) is 0 Å². The van der Waals surface area contributed by atoms with E-state index in [9.17, 15) is 4.79 Å². The summed E-state index contributed by atoms with van der Waals surface area (Å²) in [5, 5.41) is 2.94. The maximum atomic E-state index is 12.3.